The van der Waals surface area contributed by atoms with Gasteiger partial charge in [-0.1, -0.05) is 22.7 Å². The number of rotatable bonds is 23. The molecule has 0 aliphatic heterocycles. The van der Waals surface area contributed by atoms with Crippen molar-refractivity contribution in [1.82, 2.24) is 24.9 Å². The predicted octanol–water partition coefficient (Wildman–Crippen LogP) is 9.02. The number of aromatic nitrogens is 5. The highest BCUT2D eigenvalue weighted by Gasteiger charge is 2.24. The third-order valence-corrected chi connectivity index (χ3v) is 14.7. The number of azo groups is 2. The van der Waals surface area contributed by atoms with Crippen LogP contribution in [0.2, 0.25) is 0 Å². The SMILES string of the molecule is CCN(CC)c1cc(Nc2nc(Nc3cc(N(CC)CC)c(OC)cc3N=Nc3nc4c(S(=O)(=O)O)cc(C)cc4s3)nc(N(CCO)CCO)n2)c(N=Nc2nc3c(S(=O)(=O)O)cc(C)cc3s2)cc1OC. The number of anilines is 7. The van der Waals surface area contributed by atoms with E-state index >= 15 is 0 Å². The number of aliphatic hydroxyl groups is 2. The fourth-order valence-electron chi connectivity index (χ4n) is 7.75. The van der Waals surface area contributed by atoms with E-state index in [0.717, 1.165) is 22.7 Å². The average molecular weight is 1080 g/mol. The molecular formula is C45H54N14O10S4. The monoisotopic (exact) mass is 1080 g/mol. The van der Waals surface area contributed by atoms with Crippen LogP contribution in [0, 0.1) is 13.8 Å². The molecule has 7 rings (SSSR count). The second-order valence-corrected chi connectivity index (χ2v) is 20.8. The maximum atomic E-state index is 12.3. The molecule has 0 saturated heterocycles. The highest BCUT2D eigenvalue weighted by atomic mass is 32.2. The molecule has 0 bridgehead atoms. The van der Waals surface area contributed by atoms with E-state index in [1.54, 1.807) is 55.1 Å². The molecule has 24 nitrogen and oxygen atoms in total. The second kappa shape index (κ2) is 23.0. The number of nitrogens with zero attached hydrogens (tertiary/aromatic N) is 12. The Labute approximate surface area is 429 Å². The lowest BCUT2D eigenvalue weighted by Gasteiger charge is -2.25. The lowest BCUT2D eigenvalue weighted by atomic mass is 10.2. The molecule has 6 N–H and O–H groups in total. The number of hydrogen-bond acceptors (Lipinski definition) is 24. The number of benzene rings is 4. The first-order chi connectivity index (χ1) is 34.8. The molecule has 0 amide bonds. The van der Waals surface area contributed by atoms with Gasteiger partial charge in [-0.3, -0.25) is 9.11 Å². The summed E-state index contributed by atoms with van der Waals surface area (Å²) in [6, 6.07) is 13.0. The molecule has 4 aromatic carbocycles. The Hall–Kier alpha value is -6.79. The van der Waals surface area contributed by atoms with E-state index in [0.29, 0.717) is 81.0 Å². The van der Waals surface area contributed by atoms with Crippen LogP contribution in [0.25, 0.3) is 20.4 Å². The van der Waals surface area contributed by atoms with Crippen molar-refractivity contribution in [2.45, 2.75) is 51.3 Å². The number of aryl methyl sites for hydroxylation is 2. The Balaban J connectivity index is 1.38. The van der Waals surface area contributed by atoms with E-state index in [4.69, 9.17) is 24.4 Å². The molecule has 0 spiro atoms. The summed E-state index contributed by atoms with van der Waals surface area (Å²) in [5, 5.41) is 44.8. The summed E-state index contributed by atoms with van der Waals surface area (Å²) in [6.45, 7) is 13.2. The number of thiazole rings is 2. The van der Waals surface area contributed by atoms with Gasteiger partial charge in [-0.2, -0.15) is 31.8 Å². The van der Waals surface area contributed by atoms with Crippen LogP contribution in [0.15, 0.2) is 78.8 Å². The zero-order valence-electron chi connectivity index (χ0n) is 41.0. The van der Waals surface area contributed by atoms with Crippen LogP contribution in [0.5, 0.6) is 11.5 Å². The predicted molar refractivity (Wildman–Crippen MR) is 283 cm³/mol. The molecule has 0 aliphatic carbocycles. The fourth-order valence-corrected chi connectivity index (χ4v) is 11.2. The topological polar surface area (TPSA) is 315 Å². The van der Waals surface area contributed by atoms with E-state index in [1.165, 1.54) is 26.4 Å². The first-order valence-electron chi connectivity index (χ1n) is 22.7. The van der Waals surface area contributed by atoms with Gasteiger partial charge in [0.05, 0.1) is 59.6 Å². The molecule has 0 atom stereocenters. The standard InChI is InChI=1S/C45H54N14O10S4/c1-9-57(10-2)31-21-27(29(23-33(31)68-7)53-55-44-48-39-35(70-44)17-25(5)19-37(39)72(62,63)64)46-41-50-42(52-43(51-41)59(13-15-60)14-16-61)47-28-22-32(58(11-3)12-4)34(69-8)24-30(28)54-56-45-49-40-36(71-45)18-26(6)20-38(40)73(65,66)67/h17-24,60-61H,9-16H2,1-8H3,(H,62,63,64)(H,65,66,67)(H2,46,47,50,51,52). The lowest BCUT2D eigenvalue weighted by Crippen LogP contribution is -2.31. The minimum Gasteiger partial charge on any atom is -0.494 e. The highest BCUT2D eigenvalue weighted by Crippen LogP contribution is 2.44. The normalized spacial score (nSPS) is 12.1. The smallest absolute Gasteiger partial charge is 0.296 e. The summed E-state index contributed by atoms with van der Waals surface area (Å²) in [4.78, 5) is 28.0. The van der Waals surface area contributed by atoms with Gasteiger partial charge in [0.2, 0.25) is 28.1 Å². The van der Waals surface area contributed by atoms with Gasteiger partial charge in [-0.05, 0) is 89.1 Å². The second-order valence-electron chi connectivity index (χ2n) is 16.0. The van der Waals surface area contributed by atoms with E-state index in [9.17, 15) is 36.2 Å². The highest BCUT2D eigenvalue weighted by molar-refractivity contribution is 7.86. The van der Waals surface area contributed by atoms with E-state index in [2.05, 4.69) is 50.9 Å². The quantitative estimate of drug-likeness (QED) is 0.0257. The molecule has 73 heavy (non-hydrogen) atoms. The lowest BCUT2D eigenvalue weighted by molar-refractivity contribution is 0.280. The Morgan fingerprint density at radius 2 is 0.959 bits per heavy atom. The summed E-state index contributed by atoms with van der Waals surface area (Å²) in [5.41, 5.74) is 3.78. The molecule has 0 saturated carbocycles. The van der Waals surface area contributed by atoms with Gasteiger partial charge < -0.3 is 45.0 Å². The van der Waals surface area contributed by atoms with Gasteiger partial charge in [0.25, 0.3) is 20.2 Å². The van der Waals surface area contributed by atoms with Crippen molar-refractivity contribution in [1.29, 1.82) is 0 Å². The van der Waals surface area contributed by atoms with Crippen LogP contribution in [-0.2, 0) is 20.2 Å². The number of ether oxygens (including phenoxy) is 2. The van der Waals surface area contributed by atoms with Crippen LogP contribution in [0.1, 0.15) is 38.8 Å². The van der Waals surface area contributed by atoms with Gasteiger partial charge in [-0.25, -0.2) is 9.97 Å². The first-order valence-corrected chi connectivity index (χ1v) is 27.2. The molecule has 0 aliphatic rings. The van der Waals surface area contributed by atoms with Crippen molar-refractivity contribution in [2.75, 3.05) is 92.0 Å². The van der Waals surface area contributed by atoms with Gasteiger partial charge >= 0.3 is 0 Å². The number of aliphatic hydroxyl groups excluding tert-OH is 2. The van der Waals surface area contributed by atoms with Crippen molar-refractivity contribution >= 4 is 126 Å². The summed E-state index contributed by atoms with van der Waals surface area (Å²) < 4.78 is 81.7. The maximum Gasteiger partial charge on any atom is 0.296 e. The maximum absolute atomic E-state index is 12.3. The molecule has 0 radical (unpaired) electrons. The van der Waals surface area contributed by atoms with Crippen molar-refractivity contribution in [2.24, 2.45) is 20.5 Å². The van der Waals surface area contributed by atoms with E-state index in [1.807, 2.05) is 27.7 Å². The Bertz CT molecular complexity index is 3220. The molecule has 3 aromatic heterocycles. The van der Waals surface area contributed by atoms with E-state index in [-0.39, 0.29) is 86.6 Å². The third kappa shape index (κ3) is 12.4. The number of methoxy groups -OCH3 is 2. The summed E-state index contributed by atoms with van der Waals surface area (Å²) in [5.74, 6) is 0.931. The van der Waals surface area contributed by atoms with Crippen molar-refractivity contribution in [3.63, 3.8) is 0 Å². The minimum absolute atomic E-state index is 0.0196. The van der Waals surface area contributed by atoms with Crippen molar-refractivity contribution in [3.8, 4) is 11.5 Å². The fraction of sp³-hybridized carbons (Fsp3) is 0.356. The van der Waals surface area contributed by atoms with Crippen LogP contribution in [-0.4, -0.2) is 128 Å². The largest absolute Gasteiger partial charge is 0.494 e. The van der Waals surface area contributed by atoms with Gasteiger partial charge in [0.15, 0.2) is 0 Å². The Kier molecular flexibility index (Phi) is 17.0. The Morgan fingerprint density at radius 3 is 1.30 bits per heavy atom. The summed E-state index contributed by atoms with van der Waals surface area (Å²) >= 11 is 2.15. The zero-order chi connectivity index (χ0) is 52.8. The number of fused-ring (bicyclic) bond motifs is 2. The molecule has 0 fully saturated rings. The number of hydrogen-bond donors (Lipinski definition) is 6. The van der Waals surface area contributed by atoms with E-state index < -0.39 is 20.2 Å². The Morgan fingerprint density at radius 1 is 0.562 bits per heavy atom. The summed E-state index contributed by atoms with van der Waals surface area (Å²) in [7, 11) is -6.18. The number of nitrogens with one attached hydrogen (secondary N) is 2. The molecule has 7 aromatic rings. The summed E-state index contributed by atoms with van der Waals surface area (Å²) in [6.07, 6.45) is 0. The average Bonchev–Trinajstić information content (AvgIpc) is 3.96. The van der Waals surface area contributed by atoms with Crippen molar-refractivity contribution in [3.05, 3.63) is 59.7 Å². The first kappa shape index (κ1) is 54.0. The van der Waals surface area contributed by atoms with Crippen LogP contribution in [0.4, 0.5) is 62.2 Å². The molecule has 28 heteroatoms. The minimum atomic E-state index is -4.61. The van der Waals surface area contributed by atoms with Gasteiger partial charge in [-0.15, -0.1) is 20.5 Å². The zero-order valence-corrected chi connectivity index (χ0v) is 44.3. The third-order valence-electron chi connectivity index (χ3n) is 11.2. The molecular weight excluding hydrogens is 1020 g/mol. The van der Waals surface area contributed by atoms with Crippen LogP contribution in [0.3, 0.4) is 0 Å². The van der Waals surface area contributed by atoms with Crippen LogP contribution >= 0.6 is 22.7 Å². The van der Waals surface area contributed by atoms with Crippen molar-refractivity contribution < 1.29 is 45.6 Å². The van der Waals surface area contributed by atoms with Gasteiger partial charge in [0, 0.05) is 51.4 Å². The van der Waals surface area contributed by atoms with Gasteiger partial charge in [0.1, 0.15) is 43.7 Å². The molecule has 3 heterocycles. The molecule has 388 valence electrons. The van der Waals surface area contributed by atoms with Crippen LogP contribution < -0.4 is 34.8 Å². The molecule has 0 unspecified atom stereocenters.